The SMILES string of the molecule is Cc1ccc(NC(=O)CN2C(=O)CN(C)C(=O)c3ccccc32)cc1F. The van der Waals surface area contributed by atoms with Crippen LogP contribution in [-0.2, 0) is 9.59 Å². The van der Waals surface area contributed by atoms with E-state index in [-0.39, 0.29) is 24.9 Å². The molecule has 0 saturated heterocycles. The monoisotopic (exact) mass is 355 g/mol. The lowest BCUT2D eigenvalue weighted by atomic mass is 10.1. The predicted octanol–water partition coefficient (Wildman–Crippen LogP) is 2.19. The zero-order valence-corrected chi connectivity index (χ0v) is 14.5. The van der Waals surface area contributed by atoms with Crippen LogP contribution >= 0.6 is 0 Å². The van der Waals surface area contributed by atoms with E-state index >= 15 is 0 Å². The number of halogens is 1. The maximum Gasteiger partial charge on any atom is 0.256 e. The molecule has 1 heterocycles. The Morgan fingerprint density at radius 3 is 2.65 bits per heavy atom. The second-order valence-corrected chi connectivity index (χ2v) is 6.17. The molecule has 2 aromatic carbocycles. The summed E-state index contributed by atoms with van der Waals surface area (Å²) < 4.78 is 13.6. The highest BCUT2D eigenvalue weighted by atomic mass is 19.1. The average molecular weight is 355 g/mol. The molecule has 3 rings (SSSR count). The molecular weight excluding hydrogens is 337 g/mol. The van der Waals surface area contributed by atoms with E-state index in [9.17, 15) is 18.8 Å². The molecule has 1 aliphatic heterocycles. The van der Waals surface area contributed by atoms with Crippen molar-refractivity contribution >= 4 is 29.1 Å². The topological polar surface area (TPSA) is 69.7 Å². The Hall–Kier alpha value is -3.22. The molecule has 0 aliphatic carbocycles. The summed E-state index contributed by atoms with van der Waals surface area (Å²) in [5.41, 5.74) is 1.52. The number of fused-ring (bicyclic) bond motifs is 1. The van der Waals surface area contributed by atoms with Crippen LogP contribution in [0.1, 0.15) is 15.9 Å². The molecule has 0 unspecified atom stereocenters. The highest BCUT2D eigenvalue weighted by Crippen LogP contribution is 2.25. The van der Waals surface area contributed by atoms with Gasteiger partial charge in [-0.15, -0.1) is 0 Å². The van der Waals surface area contributed by atoms with Gasteiger partial charge in [-0.2, -0.15) is 0 Å². The number of para-hydroxylation sites is 1. The standard InChI is InChI=1S/C19H18FN3O3/c1-12-7-8-13(9-15(12)20)21-17(24)10-23-16-6-4-3-5-14(16)19(26)22(2)11-18(23)25/h3-9H,10-11H2,1-2H3,(H,21,24). The molecule has 134 valence electrons. The maximum absolute atomic E-state index is 13.6. The average Bonchev–Trinajstić information content (AvgIpc) is 2.69. The van der Waals surface area contributed by atoms with E-state index < -0.39 is 11.7 Å². The first kappa shape index (κ1) is 17.6. The van der Waals surface area contributed by atoms with Gasteiger partial charge in [0, 0.05) is 12.7 Å². The molecule has 0 radical (unpaired) electrons. The lowest BCUT2D eigenvalue weighted by Gasteiger charge is -2.21. The van der Waals surface area contributed by atoms with E-state index in [1.807, 2.05) is 0 Å². The molecule has 7 heteroatoms. The van der Waals surface area contributed by atoms with Gasteiger partial charge in [-0.3, -0.25) is 14.4 Å². The van der Waals surface area contributed by atoms with Crippen molar-refractivity contribution in [2.75, 3.05) is 30.4 Å². The number of benzene rings is 2. The van der Waals surface area contributed by atoms with Gasteiger partial charge in [-0.25, -0.2) is 4.39 Å². The number of hydrogen-bond donors (Lipinski definition) is 1. The molecule has 0 atom stereocenters. The molecule has 6 nitrogen and oxygen atoms in total. The van der Waals surface area contributed by atoms with E-state index in [1.54, 1.807) is 43.3 Å². The number of aryl methyl sites for hydroxylation is 1. The van der Waals surface area contributed by atoms with Gasteiger partial charge in [-0.1, -0.05) is 18.2 Å². The van der Waals surface area contributed by atoms with Crippen LogP contribution in [0.25, 0.3) is 0 Å². The first-order valence-electron chi connectivity index (χ1n) is 8.07. The van der Waals surface area contributed by atoms with Crippen LogP contribution in [0.5, 0.6) is 0 Å². The second kappa shape index (κ2) is 6.95. The fourth-order valence-electron chi connectivity index (χ4n) is 2.78. The number of nitrogens with zero attached hydrogens (tertiary/aromatic N) is 2. The largest absolute Gasteiger partial charge is 0.332 e. The minimum atomic E-state index is -0.478. The van der Waals surface area contributed by atoms with Gasteiger partial charge >= 0.3 is 0 Å². The van der Waals surface area contributed by atoms with Gasteiger partial charge in [0.05, 0.1) is 11.3 Å². The van der Waals surface area contributed by atoms with Crippen LogP contribution in [-0.4, -0.2) is 42.8 Å². The highest BCUT2D eigenvalue weighted by molar-refractivity contribution is 6.12. The Kier molecular flexibility index (Phi) is 4.71. The summed E-state index contributed by atoms with van der Waals surface area (Å²) in [4.78, 5) is 39.9. The number of anilines is 2. The van der Waals surface area contributed by atoms with Gasteiger partial charge in [-0.05, 0) is 36.8 Å². The van der Waals surface area contributed by atoms with Crippen molar-refractivity contribution in [3.8, 4) is 0 Å². The number of carbonyl (C=O) groups excluding carboxylic acids is 3. The van der Waals surface area contributed by atoms with E-state index in [4.69, 9.17) is 0 Å². The first-order valence-corrected chi connectivity index (χ1v) is 8.07. The fourth-order valence-corrected chi connectivity index (χ4v) is 2.78. The van der Waals surface area contributed by atoms with Crippen molar-refractivity contribution in [1.29, 1.82) is 0 Å². The molecule has 0 spiro atoms. The third-order valence-electron chi connectivity index (χ3n) is 4.20. The van der Waals surface area contributed by atoms with Crippen molar-refractivity contribution in [2.45, 2.75) is 6.92 Å². The molecule has 3 amide bonds. The summed E-state index contributed by atoms with van der Waals surface area (Å²) >= 11 is 0. The zero-order valence-electron chi connectivity index (χ0n) is 14.5. The molecule has 0 fully saturated rings. The van der Waals surface area contributed by atoms with Gasteiger partial charge in [0.15, 0.2) is 0 Å². The summed E-state index contributed by atoms with van der Waals surface area (Å²) in [5, 5.41) is 2.58. The summed E-state index contributed by atoms with van der Waals surface area (Å²) in [5.74, 6) is -1.55. The summed E-state index contributed by atoms with van der Waals surface area (Å²) in [7, 11) is 1.54. The first-order chi connectivity index (χ1) is 12.4. The van der Waals surface area contributed by atoms with E-state index in [1.165, 1.54) is 22.9 Å². The Morgan fingerprint density at radius 1 is 1.19 bits per heavy atom. The van der Waals surface area contributed by atoms with Crippen LogP contribution in [0.2, 0.25) is 0 Å². The van der Waals surface area contributed by atoms with Crippen molar-refractivity contribution < 1.29 is 18.8 Å². The fraction of sp³-hybridized carbons (Fsp3) is 0.211. The van der Waals surface area contributed by atoms with Gasteiger partial charge in [0.2, 0.25) is 11.8 Å². The normalized spacial score (nSPS) is 14.1. The maximum atomic E-state index is 13.6. The second-order valence-electron chi connectivity index (χ2n) is 6.17. The van der Waals surface area contributed by atoms with E-state index in [0.717, 1.165) is 0 Å². The number of likely N-dealkylation sites (N-methyl/N-ethyl adjacent to an activating group) is 1. The molecule has 2 aromatic rings. The summed E-state index contributed by atoms with van der Waals surface area (Å²) in [6.07, 6.45) is 0. The van der Waals surface area contributed by atoms with Crippen LogP contribution in [0.3, 0.4) is 0 Å². The quantitative estimate of drug-likeness (QED) is 0.918. The number of carbonyl (C=O) groups is 3. The van der Waals surface area contributed by atoms with Crippen LogP contribution < -0.4 is 10.2 Å². The molecule has 1 aliphatic rings. The summed E-state index contributed by atoms with van der Waals surface area (Å²) in [6.45, 7) is 1.23. The summed E-state index contributed by atoms with van der Waals surface area (Å²) in [6, 6.07) is 11.0. The van der Waals surface area contributed by atoms with E-state index in [0.29, 0.717) is 22.5 Å². The molecular formula is C19H18FN3O3. The van der Waals surface area contributed by atoms with Crippen molar-refractivity contribution in [3.05, 3.63) is 59.4 Å². The lowest BCUT2D eigenvalue weighted by Crippen LogP contribution is -2.41. The van der Waals surface area contributed by atoms with Crippen molar-refractivity contribution in [3.63, 3.8) is 0 Å². The van der Waals surface area contributed by atoms with E-state index in [2.05, 4.69) is 5.32 Å². The number of amides is 3. The Morgan fingerprint density at radius 2 is 1.92 bits per heavy atom. The van der Waals surface area contributed by atoms with Crippen LogP contribution in [0.4, 0.5) is 15.8 Å². The predicted molar refractivity (Wildman–Crippen MR) is 95.5 cm³/mol. The molecule has 0 bridgehead atoms. The van der Waals surface area contributed by atoms with Gasteiger partial charge < -0.3 is 15.1 Å². The van der Waals surface area contributed by atoms with Gasteiger partial charge in [0.25, 0.3) is 5.91 Å². The highest BCUT2D eigenvalue weighted by Gasteiger charge is 2.30. The minimum absolute atomic E-state index is 0.125. The Balaban J connectivity index is 1.84. The van der Waals surface area contributed by atoms with Crippen molar-refractivity contribution in [1.82, 2.24) is 4.90 Å². The minimum Gasteiger partial charge on any atom is -0.332 e. The number of rotatable bonds is 3. The Labute approximate surface area is 150 Å². The molecule has 0 aromatic heterocycles. The lowest BCUT2D eigenvalue weighted by molar-refractivity contribution is -0.121. The molecule has 1 N–H and O–H groups in total. The van der Waals surface area contributed by atoms with Crippen LogP contribution in [0, 0.1) is 12.7 Å². The molecule has 0 saturated carbocycles. The van der Waals surface area contributed by atoms with Gasteiger partial charge in [0.1, 0.15) is 18.9 Å². The third-order valence-corrected chi connectivity index (χ3v) is 4.20. The third kappa shape index (κ3) is 3.42. The Bertz CT molecular complexity index is 897. The zero-order chi connectivity index (χ0) is 18.8. The molecule has 26 heavy (non-hydrogen) atoms. The smallest absolute Gasteiger partial charge is 0.256 e. The van der Waals surface area contributed by atoms with Crippen LogP contribution in [0.15, 0.2) is 42.5 Å². The number of hydrogen-bond acceptors (Lipinski definition) is 3. The van der Waals surface area contributed by atoms with Crippen molar-refractivity contribution in [2.24, 2.45) is 0 Å². The number of nitrogens with one attached hydrogen (secondary N) is 1.